The van der Waals surface area contributed by atoms with Crippen LogP contribution < -0.4 is 19.5 Å². The van der Waals surface area contributed by atoms with Crippen LogP contribution in [-0.2, 0) is 6.42 Å². The van der Waals surface area contributed by atoms with Crippen LogP contribution in [0.1, 0.15) is 39.5 Å². The molecule has 0 radical (unpaired) electrons. The fourth-order valence-corrected chi connectivity index (χ4v) is 3.84. The van der Waals surface area contributed by atoms with Crippen molar-refractivity contribution in [3.63, 3.8) is 0 Å². The number of hydrogen-bond donors (Lipinski definition) is 1. The summed E-state index contributed by atoms with van der Waals surface area (Å²) in [6.45, 7) is 2.04. The van der Waals surface area contributed by atoms with Gasteiger partial charge in [-0.25, -0.2) is 9.97 Å². The van der Waals surface area contributed by atoms with E-state index in [0.717, 1.165) is 16.9 Å². The molecule has 0 saturated carbocycles. The van der Waals surface area contributed by atoms with Crippen LogP contribution in [0.15, 0.2) is 42.6 Å². The zero-order valence-electron chi connectivity index (χ0n) is 18.1. The zero-order chi connectivity index (χ0) is 22.0. The minimum atomic E-state index is -0.0455. The van der Waals surface area contributed by atoms with Gasteiger partial charge in [0.2, 0.25) is 11.7 Å². The number of rotatable bonds is 6. The van der Waals surface area contributed by atoms with Gasteiger partial charge in [-0.2, -0.15) is 0 Å². The number of Topliss-reactive ketones (excluding diaryl/α,β-unsaturated/α-hetero) is 1. The van der Waals surface area contributed by atoms with Gasteiger partial charge in [-0.05, 0) is 49.1 Å². The maximum atomic E-state index is 12.8. The van der Waals surface area contributed by atoms with Crippen LogP contribution in [0.5, 0.6) is 17.2 Å². The van der Waals surface area contributed by atoms with Gasteiger partial charge in [-0.3, -0.25) is 4.79 Å². The predicted molar refractivity (Wildman–Crippen MR) is 118 cm³/mol. The van der Waals surface area contributed by atoms with Crippen molar-refractivity contribution in [1.29, 1.82) is 0 Å². The number of aryl methyl sites for hydroxylation is 1. The minimum Gasteiger partial charge on any atom is -0.493 e. The summed E-state index contributed by atoms with van der Waals surface area (Å²) in [7, 11) is 4.73. The highest BCUT2D eigenvalue weighted by molar-refractivity contribution is 5.98. The number of fused-ring (bicyclic) bond motifs is 1. The second-order valence-corrected chi connectivity index (χ2v) is 7.53. The van der Waals surface area contributed by atoms with Crippen molar-refractivity contribution in [2.24, 2.45) is 0 Å². The first kappa shape index (κ1) is 20.7. The molecular weight excluding hydrogens is 394 g/mol. The van der Waals surface area contributed by atoms with Crippen molar-refractivity contribution in [3.05, 3.63) is 65.0 Å². The van der Waals surface area contributed by atoms with E-state index in [1.165, 1.54) is 5.56 Å². The van der Waals surface area contributed by atoms with Gasteiger partial charge in [0.15, 0.2) is 17.3 Å². The number of carbonyl (C=O) groups excluding carboxylic acids is 1. The van der Waals surface area contributed by atoms with Crippen LogP contribution in [0.25, 0.3) is 0 Å². The van der Waals surface area contributed by atoms with Crippen molar-refractivity contribution in [2.75, 3.05) is 26.6 Å². The van der Waals surface area contributed by atoms with Crippen LogP contribution in [0.4, 0.5) is 11.6 Å². The van der Waals surface area contributed by atoms with Crippen molar-refractivity contribution >= 4 is 17.4 Å². The Labute approximate surface area is 181 Å². The summed E-state index contributed by atoms with van der Waals surface area (Å²) in [5.41, 5.74) is 4.34. The Balaban J connectivity index is 1.64. The number of methoxy groups -OCH3 is 3. The molecule has 1 aliphatic carbocycles. The molecule has 7 nitrogen and oxygen atoms in total. The molecule has 160 valence electrons. The summed E-state index contributed by atoms with van der Waals surface area (Å²) in [5.74, 6) is 2.13. The summed E-state index contributed by atoms with van der Waals surface area (Å²) in [6.07, 6.45) is 2.61. The Morgan fingerprint density at radius 2 is 1.65 bits per heavy atom. The summed E-state index contributed by atoms with van der Waals surface area (Å²) in [6, 6.07) is 11.8. The van der Waals surface area contributed by atoms with Crippen LogP contribution in [0, 0.1) is 6.92 Å². The molecule has 31 heavy (non-hydrogen) atoms. The molecule has 0 aliphatic heterocycles. The quantitative estimate of drug-likeness (QED) is 0.631. The van der Waals surface area contributed by atoms with E-state index in [4.69, 9.17) is 14.2 Å². The lowest BCUT2D eigenvalue weighted by Gasteiger charge is -2.24. The topological polar surface area (TPSA) is 82.6 Å². The lowest BCUT2D eigenvalue weighted by molar-refractivity contribution is 0.0962. The van der Waals surface area contributed by atoms with Crippen molar-refractivity contribution in [1.82, 2.24) is 9.97 Å². The van der Waals surface area contributed by atoms with E-state index < -0.39 is 0 Å². The number of nitrogens with zero attached hydrogens (tertiary/aromatic N) is 2. The van der Waals surface area contributed by atoms with Crippen LogP contribution in [0.3, 0.4) is 0 Å². The van der Waals surface area contributed by atoms with Gasteiger partial charge in [0.25, 0.3) is 0 Å². The van der Waals surface area contributed by atoms with E-state index in [-0.39, 0.29) is 11.7 Å². The van der Waals surface area contributed by atoms with E-state index in [9.17, 15) is 4.79 Å². The molecule has 0 amide bonds. The van der Waals surface area contributed by atoms with Gasteiger partial charge in [0.1, 0.15) is 0 Å². The molecule has 1 heterocycles. The average molecular weight is 419 g/mol. The fourth-order valence-electron chi connectivity index (χ4n) is 3.84. The highest BCUT2D eigenvalue weighted by atomic mass is 16.5. The molecule has 7 heteroatoms. The molecule has 1 atom stereocenters. The van der Waals surface area contributed by atoms with Gasteiger partial charge in [0, 0.05) is 18.3 Å². The molecular formula is C24H25N3O4. The highest BCUT2D eigenvalue weighted by Crippen LogP contribution is 2.42. The van der Waals surface area contributed by atoms with Crippen molar-refractivity contribution in [3.8, 4) is 17.2 Å². The Bertz CT molecular complexity index is 1090. The summed E-state index contributed by atoms with van der Waals surface area (Å²) >= 11 is 0. The third kappa shape index (κ3) is 4.17. The molecule has 0 spiro atoms. The van der Waals surface area contributed by atoms with Crippen LogP contribution in [-0.4, -0.2) is 37.1 Å². The van der Waals surface area contributed by atoms with E-state index in [1.54, 1.807) is 27.5 Å². The van der Waals surface area contributed by atoms with E-state index in [2.05, 4.69) is 15.3 Å². The first-order valence-electron chi connectivity index (χ1n) is 10.0. The average Bonchev–Trinajstić information content (AvgIpc) is 2.79. The van der Waals surface area contributed by atoms with Gasteiger partial charge >= 0.3 is 0 Å². The minimum absolute atomic E-state index is 0.0295. The summed E-state index contributed by atoms with van der Waals surface area (Å²) in [4.78, 5) is 21.8. The second-order valence-electron chi connectivity index (χ2n) is 7.53. The normalized spacial score (nSPS) is 15.2. The molecule has 0 unspecified atom stereocenters. The number of aromatic nitrogens is 2. The number of anilines is 2. The summed E-state index contributed by atoms with van der Waals surface area (Å²) in [5, 5.41) is 3.21. The van der Waals surface area contributed by atoms with Gasteiger partial charge in [-0.1, -0.05) is 17.7 Å². The zero-order valence-corrected chi connectivity index (χ0v) is 18.1. The number of nitrogens with one attached hydrogen (secondary N) is 1. The maximum Gasteiger partial charge on any atom is 0.227 e. The monoisotopic (exact) mass is 419 g/mol. The molecule has 0 bridgehead atoms. The largest absolute Gasteiger partial charge is 0.493 e. The Morgan fingerprint density at radius 1 is 0.968 bits per heavy atom. The predicted octanol–water partition coefficient (Wildman–Crippen LogP) is 4.47. The second kappa shape index (κ2) is 8.63. The van der Waals surface area contributed by atoms with Gasteiger partial charge in [-0.15, -0.1) is 0 Å². The number of hydrogen-bond acceptors (Lipinski definition) is 7. The van der Waals surface area contributed by atoms with Gasteiger partial charge in [0.05, 0.1) is 32.6 Å². The SMILES string of the molecule is COc1cc([C@H]2CC(=O)c3cnc(Nc4ccc(C)cc4)nc3C2)cc(OC)c1OC. The Kier molecular flexibility index (Phi) is 5.75. The molecule has 3 aromatic rings. The first-order valence-corrected chi connectivity index (χ1v) is 10.0. The van der Waals surface area contributed by atoms with Crippen molar-refractivity contribution < 1.29 is 19.0 Å². The lowest BCUT2D eigenvalue weighted by Crippen LogP contribution is -2.21. The molecule has 1 aromatic heterocycles. The molecule has 0 fully saturated rings. The molecule has 1 aliphatic rings. The third-order valence-electron chi connectivity index (χ3n) is 5.51. The highest BCUT2D eigenvalue weighted by Gasteiger charge is 2.29. The maximum absolute atomic E-state index is 12.8. The first-order chi connectivity index (χ1) is 15.0. The molecule has 0 saturated heterocycles. The number of carbonyl (C=O) groups is 1. The Hall–Kier alpha value is -3.61. The Morgan fingerprint density at radius 3 is 2.26 bits per heavy atom. The molecule has 1 N–H and O–H groups in total. The number of ether oxygens (including phenoxy) is 3. The van der Waals surface area contributed by atoms with Crippen LogP contribution >= 0.6 is 0 Å². The van der Waals surface area contributed by atoms with Crippen LogP contribution in [0.2, 0.25) is 0 Å². The summed E-state index contributed by atoms with van der Waals surface area (Å²) < 4.78 is 16.4. The lowest BCUT2D eigenvalue weighted by atomic mass is 9.82. The number of benzene rings is 2. The molecule has 4 rings (SSSR count). The number of ketones is 1. The standard InChI is InChI=1S/C24H25N3O4/c1-14-5-7-17(8-6-14)26-24-25-13-18-19(27-24)9-15(10-20(18)28)16-11-21(29-2)23(31-4)22(12-16)30-3/h5-8,11-13,15H,9-10H2,1-4H3,(H,25,26,27)/t15-/m1/s1. The third-order valence-corrected chi connectivity index (χ3v) is 5.51. The van der Waals surface area contributed by atoms with E-state index in [1.807, 2.05) is 43.3 Å². The van der Waals surface area contributed by atoms with E-state index >= 15 is 0 Å². The van der Waals surface area contributed by atoms with Crippen molar-refractivity contribution in [2.45, 2.75) is 25.7 Å². The smallest absolute Gasteiger partial charge is 0.227 e. The van der Waals surface area contributed by atoms with Gasteiger partial charge < -0.3 is 19.5 Å². The van der Waals surface area contributed by atoms with E-state index in [0.29, 0.717) is 41.6 Å². The fraction of sp³-hybridized carbons (Fsp3) is 0.292. The molecule has 2 aromatic carbocycles.